The zero-order valence-corrected chi connectivity index (χ0v) is 15.6. The van der Waals surface area contributed by atoms with Gasteiger partial charge in [0.15, 0.2) is 0 Å². The van der Waals surface area contributed by atoms with Gasteiger partial charge < -0.3 is 14.7 Å². The molecule has 2 aliphatic rings. The Morgan fingerprint density at radius 1 is 0.840 bits per heavy atom. The quantitative estimate of drug-likeness (QED) is 0.779. The molecule has 0 bridgehead atoms. The molecule has 3 rings (SSSR count). The minimum Gasteiger partial charge on any atom is -0.340 e. The van der Waals surface area contributed by atoms with Crippen LogP contribution >= 0.6 is 0 Å². The summed E-state index contributed by atoms with van der Waals surface area (Å²) in [6, 6.07) is 10.7. The average molecular weight is 345 g/mol. The summed E-state index contributed by atoms with van der Waals surface area (Å²) in [5.41, 5.74) is 1.39. The smallest absolute Gasteiger partial charge is 0.223 e. The Morgan fingerprint density at radius 2 is 1.44 bits per heavy atom. The van der Waals surface area contributed by atoms with Gasteiger partial charge in [0.25, 0.3) is 0 Å². The maximum atomic E-state index is 12.4. The Hall–Kier alpha value is -1.43. The number of carbonyl (C=O) groups is 1. The van der Waals surface area contributed by atoms with Crippen LogP contribution in [0.2, 0.25) is 0 Å². The highest BCUT2D eigenvalue weighted by Crippen LogP contribution is 2.10. The minimum absolute atomic E-state index is 0.336. The van der Waals surface area contributed by atoms with E-state index in [1.807, 2.05) is 0 Å². The summed E-state index contributed by atoms with van der Waals surface area (Å²) in [4.78, 5) is 21.8. The first-order valence-corrected chi connectivity index (χ1v) is 9.73. The number of benzene rings is 1. The van der Waals surface area contributed by atoms with Crippen molar-refractivity contribution < 1.29 is 4.79 Å². The molecule has 5 heteroatoms. The van der Waals surface area contributed by atoms with Crippen molar-refractivity contribution in [2.75, 3.05) is 65.4 Å². The van der Waals surface area contributed by atoms with Crippen molar-refractivity contribution in [3.63, 3.8) is 0 Å². The van der Waals surface area contributed by atoms with E-state index in [0.717, 1.165) is 72.0 Å². The molecule has 0 aliphatic carbocycles. The van der Waals surface area contributed by atoms with Gasteiger partial charge in [-0.15, -0.1) is 0 Å². The fourth-order valence-electron chi connectivity index (χ4n) is 3.74. The first-order valence-electron chi connectivity index (χ1n) is 9.73. The van der Waals surface area contributed by atoms with Crippen LogP contribution in [0.3, 0.4) is 0 Å². The van der Waals surface area contributed by atoms with Gasteiger partial charge in [0, 0.05) is 71.9 Å². The van der Waals surface area contributed by atoms with E-state index in [1.165, 1.54) is 5.56 Å². The fraction of sp³-hybridized carbons (Fsp3) is 0.650. The summed E-state index contributed by atoms with van der Waals surface area (Å²) in [5, 5.41) is 0. The summed E-state index contributed by atoms with van der Waals surface area (Å²) < 4.78 is 0. The molecule has 0 atom stereocenters. The number of hydrogen-bond donors (Lipinski definition) is 0. The van der Waals surface area contributed by atoms with Gasteiger partial charge in [-0.05, 0) is 12.1 Å². The van der Waals surface area contributed by atoms with Crippen molar-refractivity contribution >= 4 is 5.91 Å². The predicted octanol–water partition coefficient (Wildman–Crippen LogP) is 1.36. The van der Waals surface area contributed by atoms with E-state index in [-0.39, 0.29) is 0 Å². The molecule has 138 valence electrons. The molecular formula is C20H32N4O. The molecule has 1 amide bonds. The lowest BCUT2D eigenvalue weighted by Gasteiger charge is -2.36. The average Bonchev–Trinajstić information content (AvgIpc) is 2.68. The van der Waals surface area contributed by atoms with Crippen molar-refractivity contribution in [1.29, 1.82) is 0 Å². The zero-order chi connectivity index (χ0) is 17.5. The number of piperazine rings is 2. The van der Waals surface area contributed by atoms with Gasteiger partial charge in [-0.25, -0.2) is 0 Å². The van der Waals surface area contributed by atoms with Crippen LogP contribution in [0.15, 0.2) is 30.3 Å². The van der Waals surface area contributed by atoms with E-state index in [9.17, 15) is 4.79 Å². The number of carbonyl (C=O) groups excluding carboxylic acids is 1. The molecule has 25 heavy (non-hydrogen) atoms. The summed E-state index contributed by atoms with van der Waals surface area (Å²) in [5.74, 6) is 0.336. The van der Waals surface area contributed by atoms with Crippen molar-refractivity contribution in [3.8, 4) is 0 Å². The summed E-state index contributed by atoms with van der Waals surface area (Å²) in [6.07, 6.45) is 0.671. The molecule has 2 heterocycles. The molecule has 2 saturated heterocycles. The third-order valence-corrected chi connectivity index (χ3v) is 5.53. The van der Waals surface area contributed by atoms with Gasteiger partial charge >= 0.3 is 0 Å². The lowest BCUT2D eigenvalue weighted by atomic mass is 10.2. The van der Waals surface area contributed by atoms with Crippen molar-refractivity contribution in [1.82, 2.24) is 19.6 Å². The molecule has 0 saturated carbocycles. The second-order valence-corrected chi connectivity index (χ2v) is 7.17. The van der Waals surface area contributed by atoms with Crippen LogP contribution in [0.4, 0.5) is 0 Å². The summed E-state index contributed by atoms with van der Waals surface area (Å²) >= 11 is 0. The Bertz CT molecular complexity index is 520. The van der Waals surface area contributed by atoms with Crippen LogP contribution in [-0.4, -0.2) is 91.0 Å². The highest BCUT2D eigenvalue weighted by Gasteiger charge is 2.22. The summed E-state index contributed by atoms with van der Waals surface area (Å²) in [6.45, 7) is 13.4. The highest BCUT2D eigenvalue weighted by atomic mass is 16.2. The van der Waals surface area contributed by atoms with Crippen LogP contribution in [0.25, 0.3) is 0 Å². The Balaban J connectivity index is 1.33. The maximum Gasteiger partial charge on any atom is 0.223 e. The van der Waals surface area contributed by atoms with Gasteiger partial charge in [-0.2, -0.15) is 0 Å². The second-order valence-electron chi connectivity index (χ2n) is 7.17. The molecule has 2 aliphatic heterocycles. The minimum atomic E-state index is 0.336. The number of rotatable bonds is 6. The SMILES string of the molecule is CCN1CCN(C(=O)CCN2CCN(Cc3ccccc3)CC2)CC1. The van der Waals surface area contributed by atoms with Gasteiger partial charge in [-0.3, -0.25) is 9.69 Å². The molecule has 0 spiro atoms. The third-order valence-electron chi connectivity index (χ3n) is 5.53. The largest absolute Gasteiger partial charge is 0.340 e. The van der Waals surface area contributed by atoms with Gasteiger partial charge in [-0.1, -0.05) is 37.3 Å². The van der Waals surface area contributed by atoms with E-state index >= 15 is 0 Å². The Kier molecular flexibility index (Phi) is 6.84. The highest BCUT2D eigenvalue weighted by molar-refractivity contribution is 5.76. The van der Waals surface area contributed by atoms with Crippen LogP contribution in [0.1, 0.15) is 18.9 Å². The van der Waals surface area contributed by atoms with Crippen LogP contribution in [-0.2, 0) is 11.3 Å². The van der Waals surface area contributed by atoms with E-state index in [4.69, 9.17) is 0 Å². The standard InChI is InChI=1S/C20H32N4O/c1-2-21-14-16-24(17-15-21)20(25)8-9-22-10-12-23(13-11-22)18-19-6-4-3-5-7-19/h3-7H,2,8-18H2,1H3. The lowest BCUT2D eigenvalue weighted by molar-refractivity contribution is -0.133. The number of hydrogen-bond acceptors (Lipinski definition) is 4. The van der Waals surface area contributed by atoms with E-state index in [1.54, 1.807) is 0 Å². The van der Waals surface area contributed by atoms with E-state index in [2.05, 4.69) is 56.9 Å². The second kappa shape index (κ2) is 9.32. The maximum absolute atomic E-state index is 12.4. The summed E-state index contributed by atoms with van der Waals surface area (Å²) in [7, 11) is 0. The van der Waals surface area contributed by atoms with Crippen LogP contribution < -0.4 is 0 Å². The lowest BCUT2D eigenvalue weighted by Crippen LogP contribution is -2.50. The number of amides is 1. The first-order chi connectivity index (χ1) is 12.2. The van der Waals surface area contributed by atoms with Crippen LogP contribution in [0.5, 0.6) is 0 Å². The molecule has 2 fully saturated rings. The third kappa shape index (κ3) is 5.53. The molecule has 1 aromatic carbocycles. The first kappa shape index (κ1) is 18.4. The number of likely N-dealkylation sites (N-methyl/N-ethyl adjacent to an activating group) is 1. The van der Waals surface area contributed by atoms with Gasteiger partial charge in [0.2, 0.25) is 5.91 Å². The van der Waals surface area contributed by atoms with Crippen molar-refractivity contribution in [2.45, 2.75) is 19.9 Å². The predicted molar refractivity (Wildman–Crippen MR) is 101 cm³/mol. The van der Waals surface area contributed by atoms with Crippen molar-refractivity contribution in [3.05, 3.63) is 35.9 Å². The Morgan fingerprint density at radius 3 is 2.08 bits per heavy atom. The number of nitrogens with zero attached hydrogens (tertiary/aromatic N) is 4. The van der Waals surface area contributed by atoms with E-state index in [0.29, 0.717) is 12.3 Å². The van der Waals surface area contributed by atoms with E-state index < -0.39 is 0 Å². The van der Waals surface area contributed by atoms with Crippen molar-refractivity contribution in [2.24, 2.45) is 0 Å². The molecular weight excluding hydrogens is 312 g/mol. The molecule has 5 nitrogen and oxygen atoms in total. The molecule has 0 aromatic heterocycles. The van der Waals surface area contributed by atoms with Crippen LogP contribution in [0, 0.1) is 0 Å². The molecule has 1 aromatic rings. The topological polar surface area (TPSA) is 30.0 Å². The Labute approximate surface area is 152 Å². The molecule has 0 radical (unpaired) electrons. The fourth-order valence-corrected chi connectivity index (χ4v) is 3.74. The molecule has 0 unspecified atom stereocenters. The normalized spacial score (nSPS) is 20.8. The van der Waals surface area contributed by atoms with Gasteiger partial charge in [0.1, 0.15) is 0 Å². The molecule has 0 N–H and O–H groups in total. The zero-order valence-electron chi connectivity index (χ0n) is 15.6. The monoisotopic (exact) mass is 344 g/mol. The van der Waals surface area contributed by atoms with Gasteiger partial charge in [0.05, 0.1) is 0 Å².